The second-order valence-electron chi connectivity index (χ2n) is 9.94. The number of nitrogens with one attached hydrogen (secondary N) is 2. The van der Waals surface area contributed by atoms with Crippen molar-refractivity contribution in [1.29, 1.82) is 0 Å². The Morgan fingerprint density at radius 3 is 2.87 bits per heavy atom. The fourth-order valence-electron chi connectivity index (χ4n) is 4.36. The number of nitrogens with zero attached hydrogens (tertiary/aromatic N) is 3. The number of halogens is 2. The van der Waals surface area contributed by atoms with Crippen LogP contribution in [0.25, 0.3) is 10.9 Å². The van der Waals surface area contributed by atoms with Crippen LogP contribution in [0.2, 0.25) is 5.02 Å². The molecule has 1 aromatic heterocycles. The monoisotopic (exact) mass is 539 g/mol. The Labute approximate surface area is 226 Å². The SMILES string of the molecule is CN(CC=CC(=O)Nc1cc2c(Nc3ccc(F)c(Cl)c3)ncnc2cc1OCC1CC1)CC1CCOC1. The summed E-state index contributed by atoms with van der Waals surface area (Å²) in [4.78, 5) is 23.8. The van der Waals surface area contributed by atoms with Gasteiger partial charge in [0.25, 0.3) is 0 Å². The Bertz CT molecular complexity index is 1330. The quantitative estimate of drug-likeness (QED) is 0.315. The van der Waals surface area contributed by atoms with Gasteiger partial charge in [-0.15, -0.1) is 0 Å². The van der Waals surface area contributed by atoms with Gasteiger partial charge in [-0.25, -0.2) is 14.4 Å². The molecule has 1 unspecified atom stereocenters. The molecule has 2 N–H and O–H groups in total. The first-order valence-corrected chi connectivity index (χ1v) is 13.2. The summed E-state index contributed by atoms with van der Waals surface area (Å²) in [6.07, 6.45) is 8.21. The normalized spacial score (nSPS) is 17.4. The topological polar surface area (TPSA) is 88.6 Å². The lowest BCUT2D eigenvalue weighted by Crippen LogP contribution is -2.26. The van der Waals surface area contributed by atoms with E-state index in [4.69, 9.17) is 21.1 Å². The summed E-state index contributed by atoms with van der Waals surface area (Å²) in [5.41, 5.74) is 1.75. The summed E-state index contributed by atoms with van der Waals surface area (Å²) in [6, 6.07) is 7.95. The van der Waals surface area contributed by atoms with Crippen LogP contribution >= 0.6 is 11.6 Å². The highest BCUT2D eigenvalue weighted by Crippen LogP contribution is 2.36. The molecule has 2 aromatic carbocycles. The summed E-state index contributed by atoms with van der Waals surface area (Å²) >= 11 is 5.94. The van der Waals surface area contributed by atoms with Gasteiger partial charge in [0, 0.05) is 42.9 Å². The third kappa shape index (κ3) is 6.98. The fraction of sp³-hybridized carbons (Fsp3) is 0.393. The number of likely N-dealkylation sites (N-methyl/N-ethyl adjacent to an activating group) is 1. The fourth-order valence-corrected chi connectivity index (χ4v) is 4.54. The van der Waals surface area contributed by atoms with Gasteiger partial charge in [0.2, 0.25) is 5.91 Å². The number of benzene rings is 2. The van der Waals surface area contributed by atoms with Crippen LogP contribution < -0.4 is 15.4 Å². The Balaban J connectivity index is 1.33. The van der Waals surface area contributed by atoms with E-state index in [2.05, 4.69) is 25.5 Å². The molecule has 1 aliphatic heterocycles. The van der Waals surface area contributed by atoms with Crippen molar-refractivity contribution in [3.8, 4) is 5.75 Å². The summed E-state index contributed by atoms with van der Waals surface area (Å²) in [5, 5.41) is 6.80. The van der Waals surface area contributed by atoms with Crippen LogP contribution in [0.3, 0.4) is 0 Å². The second kappa shape index (κ2) is 12.1. The number of aromatic nitrogens is 2. The minimum absolute atomic E-state index is 0.00563. The number of carbonyl (C=O) groups excluding carboxylic acids is 1. The van der Waals surface area contributed by atoms with E-state index in [1.165, 1.54) is 24.5 Å². The molecule has 0 radical (unpaired) electrons. The molecular weight excluding hydrogens is 509 g/mol. The molecule has 0 spiro atoms. The number of carbonyl (C=O) groups is 1. The Hall–Kier alpha value is -3.27. The number of anilines is 3. The summed E-state index contributed by atoms with van der Waals surface area (Å²) in [7, 11) is 2.04. The Morgan fingerprint density at radius 2 is 2.11 bits per heavy atom. The predicted octanol–water partition coefficient (Wildman–Crippen LogP) is 5.42. The van der Waals surface area contributed by atoms with Gasteiger partial charge in [-0.3, -0.25) is 4.79 Å². The van der Waals surface area contributed by atoms with E-state index >= 15 is 0 Å². The maximum atomic E-state index is 13.6. The predicted molar refractivity (Wildman–Crippen MR) is 147 cm³/mol. The van der Waals surface area contributed by atoms with E-state index in [1.807, 2.05) is 13.1 Å². The van der Waals surface area contributed by atoms with Crippen molar-refractivity contribution in [2.24, 2.45) is 11.8 Å². The summed E-state index contributed by atoms with van der Waals surface area (Å²) in [5.74, 6) is 1.38. The van der Waals surface area contributed by atoms with Crippen LogP contribution in [-0.4, -0.2) is 60.7 Å². The zero-order chi connectivity index (χ0) is 26.5. The van der Waals surface area contributed by atoms with Crippen LogP contribution in [0.5, 0.6) is 5.75 Å². The van der Waals surface area contributed by atoms with Crippen molar-refractivity contribution in [3.63, 3.8) is 0 Å². The van der Waals surface area contributed by atoms with Crippen LogP contribution in [0.1, 0.15) is 19.3 Å². The molecule has 1 aliphatic carbocycles. The van der Waals surface area contributed by atoms with Crippen LogP contribution in [0, 0.1) is 17.7 Å². The maximum absolute atomic E-state index is 13.6. The number of ether oxygens (including phenoxy) is 2. The molecule has 10 heteroatoms. The van der Waals surface area contributed by atoms with Crippen molar-refractivity contribution in [2.75, 3.05) is 50.6 Å². The van der Waals surface area contributed by atoms with E-state index in [0.29, 0.717) is 58.8 Å². The molecular formula is C28H31ClFN5O3. The second-order valence-corrected chi connectivity index (χ2v) is 10.3. The highest BCUT2D eigenvalue weighted by Gasteiger charge is 2.23. The van der Waals surface area contributed by atoms with Crippen LogP contribution in [0.4, 0.5) is 21.6 Å². The molecule has 200 valence electrons. The lowest BCUT2D eigenvalue weighted by atomic mass is 10.1. The van der Waals surface area contributed by atoms with Gasteiger partial charge < -0.3 is 25.0 Å². The minimum Gasteiger partial charge on any atom is -0.491 e. The molecule has 38 heavy (non-hydrogen) atoms. The number of hydrogen-bond donors (Lipinski definition) is 2. The van der Waals surface area contributed by atoms with Crippen molar-refractivity contribution in [1.82, 2.24) is 14.9 Å². The van der Waals surface area contributed by atoms with E-state index in [0.717, 1.165) is 39.0 Å². The van der Waals surface area contributed by atoms with Crippen molar-refractivity contribution in [2.45, 2.75) is 19.3 Å². The third-order valence-corrected chi connectivity index (χ3v) is 6.92. The molecule has 1 saturated heterocycles. The Morgan fingerprint density at radius 1 is 1.24 bits per heavy atom. The number of amides is 1. The van der Waals surface area contributed by atoms with Gasteiger partial charge in [0.1, 0.15) is 23.7 Å². The molecule has 5 rings (SSSR count). The highest BCUT2D eigenvalue weighted by molar-refractivity contribution is 6.31. The van der Waals surface area contributed by atoms with E-state index in [1.54, 1.807) is 18.2 Å². The molecule has 1 saturated carbocycles. The number of rotatable bonds is 11. The summed E-state index contributed by atoms with van der Waals surface area (Å²) < 4.78 is 25.1. The van der Waals surface area contributed by atoms with Gasteiger partial charge in [-0.2, -0.15) is 0 Å². The highest BCUT2D eigenvalue weighted by atomic mass is 35.5. The van der Waals surface area contributed by atoms with Gasteiger partial charge in [0.05, 0.1) is 29.4 Å². The Kier molecular flexibility index (Phi) is 8.36. The molecule has 8 nitrogen and oxygen atoms in total. The van der Waals surface area contributed by atoms with E-state index < -0.39 is 5.82 Å². The molecule has 2 heterocycles. The number of hydrogen-bond acceptors (Lipinski definition) is 7. The van der Waals surface area contributed by atoms with Crippen LogP contribution in [-0.2, 0) is 9.53 Å². The lowest BCUT2D eigenvalue weighted by Gasteiger charge is -2.18. The van der Waals surface area contributed by atoms with Gasteiger partial charge in [-0.05, 0) is 62.4 Å². The molecule has 0 bridgehead atoms. The standard InChI is InChI=1S/C28H31ClFN5O3/c1-35(14-19-8-10-37-15-19)9-2-3-27(36)34-25-12-21-24(13-26(25)38-16-18-4-5-18)31-17-32-28(21)33-20-6-7-23(30)22(29)11-20/h2-3,6-7,11-13,17-19H,4-5,8-10,14-16H2,1H3,(H,34,36)(H,31,32,33). The summed E-state index contributed by atoms with van der Waals surface area (Å²) in [6.45, 7) is 3.81. The first kappa shape index (κ1) is 26.3. The van der Waals surface area contributed by atoms with Gasteiger partial charge in [0.15, 0.2) is 0 Å². The largest absolute Gasteiger partial charge is 0.491 e. The average molecular weight is 540 g/mol. The first-order valence-electron chi connectivity index (χ1n) is 12.8. The molecule has 3 aromatic rings. The lowest BCUT2D eigenvalue weighted by molar-refractivity contribution is -0.111. The van der Waals surface area contributed by atoms with Crippen molar-refractivity contribution in [3.05, 3.63) is 59.7 Å². The van der Waals surface area contributed by atoms with E-state index in [-0.39, 0.29) is 10.9 Å². The average Bonchev–Trinajstić information content (AvgIpc) is 3.59. The molecule has 2 aliphatic rings. The molecule has 1 amide bonds. The van der Waals surface area contributed by atoms with Gasteiger partial charge >= 0.3 is 0 Å². The zero-order valence-corrected chi connectivity index (χ0v) is 22.0. The maximum Gasteiger partial charge on any atom is 0.248 e. The van der Waals surface area contributed by atoms with E-state index in [9.17, 15) is 9.18 Å². The zero-order valence-electron chi connectivity index (χ0n) is 21.3. The third-order valence-electron chi connectivity index (χ3n) is 6.63. The van der Waals surface area contributed by atoms with Crippen molar-refractivity contribution >= 4 is 45.6 Å². The van der Waals surface area contributed by atoms with Crippen LogP contribution in [0.15, 0.2) is 48.8 Å². The minimum atomic E-state index is -0.501. The molecule has 1 atom stereocenters. The number of fused-ring (bicyclic) bond motifs is 1. The smallest absolute Gasteiger partial charge is 0.248 e. The van der Waals surface area contributed by atoms with Gasteiger partial charge in [-0.1, -0.05) is 17.7 Å². The first-order chi connectivity index (χ1) is 18.4. The van der Waals surface area contributed by atoms with Crippen molar-refractivity contribution < 1.29 is 18.7 Å². The molecule has 2 fully saturated rings.